The highest BCUT2D eigenvalue weighted by Crippen LogP contribution is 2.18. The molecule has 3 rings (SSSR count). The molecular formula is C20H23ClIN5O. The van der Waals surface area contributed by atoms with Gasteiger partial charge in [-0.1, -0.05) is 47.1 Å². The highest BCUT2D eigenvalue weighted by Gasteiger charge is 2.08. The number of halogens is 2. The van der Waals surface area contributed by atoms with E-state index in [9.17, 15) is 0 Å². The van der Waals surface area contributed by atoms with Crippen LogP contribution in [0.4, 0.5) is 0 Å². The highest BCUT2D eigenvalue weighted by molar-refractivity contribution is 14.0. The van der Waals surface area contributed by atoms with Gasteiger partial charge in [0.15, 0.2) is 5.96 Å². The third-order valence-electron chi connectivity index (χ3n) is 3.81. The molecule has 2 N–H and O–H groups in total. The average Bonchev–Trinajstić information content (AvgIpc) is 3.16. The lowest BCUT2D eigenvalue weighted by Gasteiger charge is -2.10. The molecule has 148 valence electrons. The molecular weight excluding hydrogens is 489 g/mol. The van der Waals surface area contributed by atoms with E-state index in [1.54, 1.807) is 12.1 Å². The Labute approximate surface area is 186 Å². The van der Waals surface area contributed by atoms with Crippen LogP contribution in [-0.2, 0) is 13.0 Å². The zero-order valence-corrected chi connectivity index (χ0v) is 18.6. The number of benzene rings is 2. The number of guanidine groups is 1. The number of rotatable bonds is 7. The summed E-state index contributed by atoms with van der Waals surface area (Å²) in [5.41, 5.74) is 2.04. The van der Waals surface area contributed by atoms with E-state index in [0.29, 0.717) is 36.2 Å². The molecule has 1 heterocycles. The molecule has 6 nitrogen and oxygen atoms in total. The van der Waals surface area contributed by atoms with Gasteiger partial charge < -0.3 is 15.2 Å². The normalized spacial score (nSPS) is 11.0. The fourth-order valence-electron chi connectivity index (χ4n) is 2.46. The van der Waals surface area contributed by atoms with E-state index in [2.05, 4.69) is 37.9 Å². The fraction of sp³-hybridized carbons (Fsp3) is 0.250. The van der Waals surface area contributed by atoms with Gasteiger partial charge in [-0.3, -0.25) is 0 Å². The molecule has 0 atom stereocenters. The van der Waals surface area contributed by atoms with Crippen molar-refractivity contribution >= 4 is 41.5 Å². The minimum absolute atomic E-state index is 0. The van der Waals surface area contributed by atoms with Gasteiger partial charge >= 0.3 is 0 Å². The Hall–Kier alpha value is -2.13. The molecule has 0 aliphatic rings. The Bertz CT molecular complexity index is 868. The van der Waals surface area contributed by atoms with E-state index in [-0.39, 0.29) is 24.0 Å². The van der Waals surface area contributed by atoms with E-state index >= 15 is 0 Å². The summed E-state index contributed by atoms with van der Waals surface area (Å²) in [4.78, 5) is 9.02. The van der Waals surface area contributed by atoms with Gasteiger partial charge in [0.2, 0.25) is 11.7 Å². The monoisotopic (exact) mass is 511 g/mol. The lowest BCUT2D eigenvalue weighted by atomic mass is 10.2. The first kappa shape index (κ1) is 22.2. The maximum absolute atomic E-state index is 5.90. The Morgan fingerprint density at radius 3 is 2.54 bits per heavy atom. The predicted octanol–water partition coefficient (Wildman–Crippen LogP) is 4.31. The molecule has 0 fully saturated rings. The van der Waals surface area contributed by atoms with Crippen LogP contribution < -0.4 is 10.6 Å². The summed E-state index contributed by atoms with van der Waals surface area (Å²) in [7, 11) is 0. The summed E-state index contributed by atoms with van der Waals surface area (Å²) in [6, 6.07) is 17.5. The van der Waals surface area contributed by atoms with Gasteiger partial charge in [-0.25, -0.2) is 4.99 Å². The van der Waals surface area contributed by atoms with E-state index in [4.69, 9.17) is 16.1 Å². The van der Waals surface area contributed by atoms with Crippen LogP contribution in [0.1, 0.15) is 18.4 Å². The summed E-state index contributed by atoms with van der Waals surface area (Å²) in [6.45, 7) is 4.10. The van der Waals surface area contributed by atoms with E-state index in [1.807, 2.05) is 37.3 Å². The van der Waals surface area contributed by atoms with Gasteiger partial charge in [0, 0.05) is 30.1 Å². The first-order valence-corrected chi connectivity index (χ1v) is 9.27. The quantitative estimate of drug-likeness (QED) is 0.281. The molecule has 3 aromatic rings. The minimum Gasteiger partial charge on any atom is -0.357 e. The molecule has 0 amide bonds. The Kier molecular flexibility index (Phi) is 9.22. The Morgan fingerprint density at radius 1 is 1.07 bits per heavy atom. The summed E-state index contributed by atoms with van der Waals surface area (Å²) in [5, 5.41) is 11.2. The highest BCUT2D eigenvalue weighted by atomic mass is 127. The average molecular weight is 512 g/mol. The lowest BCUT2D eigenvalue weighted by molar-refractivity contribution is 0.378. The molecule has 0 radical (unpaired) electrons. The molecule has 8 heteroatoms. The fourth-order valence-corrected chi connectivity index (χ4v) is 2.58. The van der Waals surface area contributed by atoms with Crippen molar-refractivity contribution in [3.63, 3.8) is 0 Å². The first-order chi connectivity index (χ1) is 13.2. The van der Waals surface area contributed by atoms with Gasteiger partial charge in [-0.15, -0.1) is 24.0 Å². The summed E-state index contributed by atoms with van der Waals surface area (Å²) >= 11 is 5.90. The molecule has 0 saturated carbocycles. The summed E-state index contributed by atoms with van der Waals surface area (Å²) in [5.74, 6) is 1.90. The lowest BCUT2D eigenvalue weighted by Crippen LogP contribution is -2.38. The van der Waals surface area contributed by atoms with Crippen LogP contribution >= 0.6 is 35.6 Å². The second kappa shape index (κ2) is 11.7. The van der Waals surface area contributed by atoms with Crippen LogP contribution in [0.2, 0.25) is 5.02 Å². The smallest absolute Gasteiger partial charge is 0.228 e. The Morgan fingerprint density at radius 2 is 1.82 bits per heavy atom. The largest absolute Gasteiger partial charge is 0.357 e. The van der Waals surface area contributed by atoms with Crippen molar-refractivity contribution in [1.29, 1.82) is 0 Å². The number of hydrogen-bond acceptors (Lipinski definition) is 4. The van der Waals surface area contributed by atoms with Crippen LogP contribution in [0.15, 0.2) is 64.1 Å². The van der Waals surface area contributed by atoms with Crippen molar-refractivity contribution in [3.05, 3.63) is 71.1 Å². The number of aromatic nitrogens is 2. The van der Waals surface area contributed by atoms with Crippen LogP contribution in [0.25, 0.3) is 11.4 Å². The molecule has 0 bridgehead atoms. The Balaban J connectivity index is 0.00000280. The van der Waals surface area contributed by atoms with Crippen LogP contribution in [0, 0.1) is 0 Å². The van der Waals surface area contributed by atoms with Gasteiger partial charge in [-0.2, -0.15) is 4.98 Å². The van der Waals surface area contributed by atoms with E-state index in [1.165, 1.54) is 5.56 Å². The second-order valence-electron chi connectivity index (χ2n) is 5.88. The van der Waals surface area contributed by atoms with Crippen molar-refractivity contribution in [2.45, 2.75) is 19.9 Å². The maximum atomic E-state index is 5.90. The third kappa shape index (κ3) is 6.79. The SMILES string of the molecule is CCNC(=NCc1ccccc1)NCCc1nc(-c2ccc(Cl)cc2)no1.I. The topological polar surface area (TPSA) is 75.3 Å². The van der Waals surface area contributed by atoms with E-state index < -0.39 is 0 Å². The van der Waals surface area contributed by atoms with Gasteiger partial charge in [-0.05, 0) is 36.8 Å². The number of nitrogens with zero attached hydrogens (tertiary/aromatic N) is 3. The molecule has 1 aromatic heterocycles. The van der Waals surface area contributed by atoms with Gasteiger partial charge in [0.25, 0.3) is 0 Å². The van der Waals surface area contributed by atoms with Crippen molar-refractivity contribution in [3.8, 4) is 11.4 Å². The first-order valence-electron chi connectivity index (χ1n) is 8.89. The second-order valence-corrected chi connectivity index (χ2v) is 6.31. The predicted molar refractivity (Wildman–Crippen MR) is 123 cm³/mol. The van der Waals surface area contributed by atoms with Crippen molar-refractivity contribution in [2.24, 2.45) is 4.99 Å². The zero-order valence-electron chi connectivity index (χ0n) is 15.6. The summed E-state index contributed by atoms with van der Waals surface area (Å²) in [6.07, 6.45) is 0.607. The molecule has 0 spiro atoms. The molecule has 0 aliphatic carbocycles. The molecule has 0 aliphatic heterocycles. The van der Waals surface area contributed by atoms with Gasteiger partial charge in [0.05, 0.1) is 6.54 Å². The molecule has 0 unspecified atom stereocenters. The minimum atomic E-state index is 0. The van der Waals surface area contributed by atoms with Crippen LogP contribution in [0.3, 0.4) is 0 Å². The van der Waals surface area contributed by atoms with Crippen LogP contribution in [-0.4, -0.2) is 29.2 Å². The van der Waals surface area contributed by atoms with Crippen LogP contribution in [0.5, 0.6) is 0 Å². The van der Waals surface area contributed by atoms with Crippen molar-refractivity contribution in [2.75, 3.05) is 13.1 Å². The maximum Gasteiger partial charge on any atom is 0.228 e. The molecule has 28 heavy (non-hydrogen) atoms. The number of aliphatic imine (C=N–C) groups is 1. The third-order valence-corrected chi connectivity index (χ3v) is 4.06. The van der Waals surface area contributed by atoms with Gasteiger partial charge in [0.1, 0.15) is 0 Å². The summed E-state index contributed by atoms with van der Waals surface area (Å²) < 4.78 is 5.33. The van der Waals surface area contributed by atoms with E-state index in [0.717, 1.165) is 18.1 Å². The molecule has 2 aromatic carbocycles. The number of nitrogens with one attached hydrogen (secondary N) is 2. The van der Waals surface area contributed by atoms with Crippen molar-refractivity contribution in [1.82, 2.24) is 20.8 Å². The standard InChI is InChI=1S/C20H22ClN5O.HI/c1-2-22-20(24-14-15-6-4-3-5-7-15)23-13-12-18-25-19(26-27-18)16-8-10-17(21)11-9-16;/h3-11H,2,12-14H2,1H3,(H2,22,23,24);1H. The van der Waals surface area contributed by atoms with Crippen molar-refractivity contribution < 1.29 is 4.52 Å². The number of hydrogen-bond donors (Lipinski definition) is 2. The zero-order chi connectivity index (χ0) is 18.9. The molecule has 0 saturated heterocycles.